The van der Waals surface area contributed by atoms with Crippen LogP contribution in [0.5, 0.6) is 5.75 Å². The molecule has 0 heterocycles. The van der Waals surface area contributed by atoms with Gasteiger partial charge in [-0.1, -0.05) is 66.7 Å². The fourth-order valence-electron chi connectivity index (χ4n) is 3.78. The maximum Gasteiger partial charge on any atom is 0.261 e. The SMILES string of the molecule is CNC(=O)[C@@H](Cc1ccccc1)N(Cc1ccccc1C)C(=O)COc1cc(C)ccc1C. The van der Waals surface area contributed by atoms with Crippen LogP contribution in [-0.2, 0) is 22.6 Å². The number of likely N-dealkylation sites (N-methyl/N-ethyl adjacent to an activating group) is 1. The minimum absolute atomic E-state index is 0.140. The Morgan fingerprint density at radius 3 is 2.30 bits per heavy atom. The lowest BCUT2D eigenvalue weighted by Crippen LogP contribution is -2.51. The van der Waals surface area contributed by atoms with Gasteiger partial charge in [0.1, 0.15) is 11.8 Å². The topological polar surface area (TPSA) is 58.6 Å². The molecule has 0 radical (unpaired) electrons. The average Bonchev–Trinajstić information content (AvgIpc) is 2.83. The van der Waals surface area contributed by atoms with Gasteiger partial charge >= 0.3 is 0 Å². The molecule has 0 bridgehead atoms. The van der Waals surface area contributed by atoms with Crippen LogP contribution >= 0.6 is 0 Å². The number of nitrogens with zero attached hydrogens (tertiary/aromatic N) is 1. The molecule has 33 heavy (non-hydrogen) atoms. The number of benzene rings is 3. The first-order valence-electron chi connectivity index (χ1n) is 11.2. The molecule has 5 heteroatoms. The maximum atomic E-state index is 13.5. The molecule has 172 valence electrons. The standard InChI is InChI=1S/C28H32N2O3/c1-20-14-15-22(3)26(16-20)33-19-27(31)30(18-24-13-9-8-10-21(24)2)25(28(32)29-4)17-23-11-6-5-7-12-23/h5-16,25H,17-19H2,1-4H3,(H,29,32)/t25-/m1/s1. The molecule has 0 aliphatic rings. The van der Waals surface area contributed by atoms with Gasteiger partial charge in [-0.25, -0.2) is 0 Å². The van der Waals surface area contributed by atoms with Crippen LogP contribution in [0.3, 0.4) is 0 Å². The summed E-state index contributed by atoms with van der Waals surface area (Å²) in [6, 6.07) is 22.9. The molecule has 1 N–H and O–H groups in total. The largest absolute Gasteiger partial charge is 0.483 e. The van der Waals surface area contributed by atoms with Crippen LogP contribution in [0.15, 0.2) is 72.8 Å². The second-order valence-electron chi connectivity index (χ2n) is 8.33. The van der Waals surface area contributed by atoms with Gasteiger partial charge in [-0.05, 0) is 54.7 Å². The van der Waals surface area contributed by atoms with Crippen molar-refractivity contribution in [2.24, 2.45) is 0 Å². The molecular weight excluding hydrogens is 412 g/mol. The Hall–Kier alpha value is -3.60. The normalized spacial score (nSPS) is 11.5. The van der Waals surface area contributed by atoms with Gasteiger partial charge in [-0.3, -0.25) is 9.59 Å². The van der Waals surface area contributed by atoms with E-state index in [0.717, 1.165) is 27.8 Å². The number of hydrogen-bond acceptors (Lipinski definition) is 3. The summed E-state index contributed by atoms with van der Waals surface area (Å²) in [5, 5.41) is 2.74. The third-order valence-corrected chi connectivity index (χ3v) is 5.81. The number of amides is 2. The van der Waals surface area contributed by atoms with Crippen molar-refractivity contribution in [1.82, 2.24) is 10.2 Å². The Balaban J connectivity index is 1.90. The number of rotatable bonds is 9. The zero-order valence-electron chi connectivity index (χ0n) is 19.8. The molecule has 5 nitrogen and oxygen atoms in total. The van der Waals surface area contributed by atoms with Crippen molar-refractivity contribution in [2.45, 2.75) is 39.8 Å². The van der Waals surface area contributed by atoms with Gasteiger partial charge in [0.25, 0.3) is 5.91 Å². The first-order valence-corrected chi connectivity index (χ1v) is 11.2. The number of ether oxygens (including phenoxy) is 1. The number of carbonyl (C=O) groups is 2. The average molecular weight is 445 g/mol. The molecule has 0 saturated carbocycles. The van der Waals surface area contributed by atoms with Crippen molar-refractivity contribution >= 4 is 11.8 Å². The van der Waals surface area contributed by atoms with Crippen LogP contribution < -0.4 is 10.1 Å². The highest BCUT2D eigenvalue weighted by Crippen LogP contribution is 2.21. The van der Waals surface area contributed by atoms with E-state index in [-0.39, 0.29) is 18.4 Å². The van der Waals surface area contributed by atoms with Crippen molar-refractivity contribution in [3.63, 3.8) is 0 Å². The minimum Gasteiger partial charge on any atom is -0.483 e. The van der Waals surface area contributed by atoms with Crippen LogP contribution in [0.4, 0.5) is 0 Å². The van der Waals surface area contributed by atoms with Crippen LogP contribution in [0.1, 0.15) is 27.8 Å². The monoisotopic (exact) mass is 444 g/mol. The van der Waals surface area contributed by atoms with Crippen molar-refractivity contribution in [1.29, 1.82) is 0 Å². The summed E-state index contributed by atoms with van der Waals surface area (Å²) in [5.74, 6) is 0.245. The van der Waals surface area contributed by atoms with Crippen LogP contribution in [0, 0.1) is 20.8 Å². The van der Waals surface area contributed by atoms with Gasteiger partial charge < -0.3 is 15.0 Å². The summed E-state index contributed by atoms with van der Waals surface area (Å²) in [6.07, 6.45) is 0.418. The molecule has 0 fully saturated rings. The molecular formula is C28H32N2O3. The van der Waals surface area contributed by atoms with Crippen molar-refractivity contribution in [2.75, 3.05) is 13.7 Å². The van der Waals surface area contributed by atoms with E-state index < -0.39 is 6.04 Å². The van der Waals surface area contributed by atoms with E-state index in [9.17, 15) is 9.59 Å². The number of aryl methyl sites for hydroxylation is 3. The Labute approximate surface area is 196 Å². The van der Waals surface area contributed by atoms with Gasteiger partial charge in [-0.15, -0.1) is 0 Å². The molecule has 0 aliphatic carbocycles. The predicted molar refractivity (Wildman–Crippen MR) is 131 cm³/mol. The molecule has 0 aromatic heterocycles. The summed E-state index contributed by atoms with van der Waals surface area (Å²) >= 11 is 0. The van der Waals surface area contributed by atoms with Crippen LogP contribution in [-0.4, -0.2) is 36.4 Å². The zero-order valence-corrected chi connectivity index (χ0v) is 19.8. The molecule has 2 amide bonds. The van der Waals surface area contributed by atoms with E-state index >= 15 is 0 Å². The van der Waals surface area contributed by atoms with Crippen molar-refractivity contribution in [3.8, 4) is 5.75 Å². The summed E-state index contributed by atoms with van der Waals surface area (Å²) in [7, 11) is 1.60. The summed E-state index contributed by atoms with van der Waals surface area (Å²) in [5.41, 5.74) is 5.09. The quantitative estimate of drug-likeness (QED) is 0.533. The highest BCUT2D eigenvalue weighted by Gasteiger charge is 2.30. The number of hydrogen-bond donors (Lipinski definition) is 1. The molecule has 3 rings (SSSR count). The van der Waals surface area contributed by atoms with E-state index in [1.807, 2.05) is 93.6 Å². The summed E-state index contributed by atoms with van der Waals surface area (Å²) < 4.78 is 5.92. The smallest absolute Gasteiger partial charge is 0.261 e. The molecule has 0 unspecified atom stereocenters. The molecule has 3 aromatic rings. The van der Waals surface area contributed by atoms with Crippen molar-refractivity contribution < 1.29 is 14.3 Å². The first kappa shape index (κ1) is 24.1. The fourth-order valence-corrected chi connectivity index (χ4v) is 3.78. The van der Waals surface area contributed by atoms with Gasteiger partial charge in [0.05, 0.1) is 0 Å². The van der Waals surface area contributed by atoms with E-state index in [4.69, 9.17) is 4.74 Å². The lowest BCUT2D eigenvalue weighted by molar-refractivity contribution is -0.142. The van der Waals surface area contributed by atoms with Crippen molar-refractivity contribution in [3.05, 3.63) is 101 Å². The van der Waals surface area contributed by atoms with E-state index in [2.05, 4.69) is 5.32 Å². The summed E-state index contributed by atoms with van der Waals surface area (Å²) in [4.78, 5) is 28.1. The molecule has 1 atom stereocenters. The van der Waals surface area contributed by atoms with Gasteiger partial charge in [-0.2, -0.15) is 0 Å². The second kappa shape index (κ2) is 11.3. The molecule has 0 spiro atoms. The highest BCUT2D eigenvalue weighted by molar-refractivity contribution is 5.88. The third-order valence-electron chi connectivity index (χ3n) is 5.81. The maximum absolute atomic E-state index is 13.5. The number of nitrogens with one attached hydrogen (secondary N) is 1. The van der Waals surface area contributed by atoms with E-state index in [1.54, 1.807) is 11.9 Å². The molecule has 3 aromatic carbocycles. The Kier molecular flexibility index (Phi) is 8.25. The molecule has 0 saturated heterocycles. The second-order valence-corrected chi connectivity index (χ2v) is 8.33. The Bertz CT molecular complexity index is 1100. The van der Waals surface area contributed by atoms with Gasteiger partial charge in [0.15, 0.2) is 6.61 Å². The number of carbonyl (C=O) groups excluding carboxylic acids is 2. The Morgan fingerprint density at radius 1 is 0.909 bits per heavy atom. The molecule has 0 aliphatic heterocycles. The first-order chi connectivity index (χ1) is 15.9. The zero-order chi connectivity index (χ0) is 23.8. The van der Waals surface area contributed by atoms with Crippen LogP contribution in [0.25, 0.3) is 0 Å². The van der Waals surface area contributed by atoms with Gasteiger partial charge in [0, 0.05) is 20.0 Å². The van der Waals surface area contributed by atoms with E-state index in [1.165, 1.54) is 0 Å². The fraction of sp³-hybridized carbons (Fsp3) is 0.286. The highest BCUT2D eigenvalue weighted by atomic mass is 16.5. The minimum atomic E-state index is -0.660. The lowest BCUT2D eigenvalue weighted by atomic mass is 10.0. The predicted octanol–water partition coefficient (Wildman–Crippen LogP) is 4.38. The summed E-state index contributed by atoms with van der Waals surface area (Å²) in [6.45, 7) is 6.13. The van der Waals surface area contributed by atoms with Gasteiger partial charge in [0.2, 0.25) is 5.91 Å². The lowest BCUT2D eigenvalue weighted by Gasteiger charge is -2.31. The Morgan fingerprint density at radius 2 is 1.61 bits per heavy atom. The van der Waals surface area contributed by atoms with Crippen LogP contribution in [0.2, 0.25) is 0 Å². The third kappa shape index (κ3) is 6.45. The van der Waals surface area contributed by atoms with E-state index in [0.29, 0.717) is 18.7 Å².